The maximum absolute atomic E-state index is 15.8. The number of nitrogens with one attached hydrogen (secondary N) is 2. The van der Waals surface area contributed by atoms with Gasteiger partial charge in [-0.3, -0.25) is 19.0 Å². The molecule has 10 nitrogen and oxygen atoms in total. The molecule has 3 heterocycles. The molecule has 4 aromatic rings. The highest BCUT2D eigenvalue weighted by atomic mass is 35.5. The lowest BCUT2D eigenvalue weighted by atomic mass is 9.75. The van der Waals surface area contributed by atoms with Crippen LogP contribution in [-0.2, 0) is 25.3 Å². The molecule has 0 saturated carbocycles. The van der Waals surface area contributed by atoms with Crippen molar-refractivity contribution in [3.63, 3.8) is 0 Å². The lowest BCUT2D eigenvalue weighted by Crippen LogP contribution is -2.54. The van der Waals surface area contributed by atoms with E-state index in [2.05, 4.69) is 31.4 Å². The monoisotopic (exact) mass is 785 g/mol. The SMILES string of the molecule is CCC(CCC1(CC)CCC(CC)C(=O)N1)CC1CCc2cc(-c3ccc(F)c(-c4cccc(NC(=O)c5cn(C)c(=O)n(C)c5=O)c4C)c3Cl)nc(OC)c21. The largest absolute Gasteiger partial charge is 0.481 e. The maximum Gasteiger partial charge on any atom is 0.330 e. The molecular formula is C44H53ClFN5O5. The Morgan fingerprint density at radius 3 is 2.55 bits per heavy atom. The van der Waals surface area contributed by atoms with Crippen molar-refractivity contribution >= 4 is 29.1 Å². The maximum atomic E-state index is 15.8. The fourth-order valence-electron chi connectivity index (χ4n) is 8.82. The highest BCUT2D eigenvalue weighted by Gasteiger charge is 2.38. The number of carbonyl (C=O) groups excluding carboxylic acids is 2. The number of amides is 2. The number of benzene rings is 2. The van der Waals surface area contributed by atoms with Crippen LogP contribution in [0, 0.1) is 24.6 Å². The predicted molar refractivity (Wildman–Crippen MR) is 219 cm³/mol. The first-order valence-corrected chi connectivity index (χ1v) is 20.2. The third-order valence-corrected chi connectivity index (χ3v) is 12.9. The van der Waals surface area contributed by atoms with Gasteiger partial charge in [0.2, 0.25) is 11.8 Å². The van der Waals surface area contributed by atoms with E-state index in [0.717, 1.165) is 84.5 Å². The Kier molecular flexibility index (Phi) is 12.2. The zero-order valence-corrected chi connectivity index (χ0v) is 34.2. The smallest absolute Gasteiger partial charge is 0.330 e. The van der Waals surface area contributed by atoms with Gasteiger partial charge >= 0.3 is 5.69 Å². The molecule has 56 heavy (non-hydrogen) atoms. The molecule has 1 aliphatic carbocycles. The molecule has 0 bridgehead atoms. The zero-order chi connectivity index (χ0) is 40.5. The second kappa shape index (κ2) is 16.8. The Hall–Kier alpha value is -4.77. The molecule has 4 unspecified atom stereocenters. The molecule has 0 radical (unpaired) electrons. The van der Waals surface area contributed by atoms with Crippen molar-refractivity contribution in [2.45, 2.75) is 103 Å². The summed E-state index contributed by atoms with van der Waals surface area (Å²) in [6.45, 7) is 8.27. The van der Waals surface area contributed by atoms with Crippen LogP contribution in [0.2, 0.25) is 5.02 Å². The second-order valence-corrected chi connectivity index (χ2v) is 16.0. The van der Waals surface area contributed by atoms with Crippen molar-refractivity contribution < 1.29 is 18.7 Å². The van der Waals surface area contributed by atoms with E-state index < -0.39 is 23.0 Å². The highest BCUT2D eigenvalue weighted by Crippen LogP contribution is 2.47. The number of halogens is 2. The number of pyridine rings is 1. The molecule has 298 valence electrons. The summed E-state index contributed by atoms with van der Waals surface area (Å²) in [5.41, 5.74) is 3.30. The number of hydrogen-bond acceptors (Lipinski definition) is 6. The van der Waals surface area contributed by atoms with E-state index in [9.17, 15) is 19.2 Å². The number of methoxy groups -OCH3 is 1. The van der Waals surface area contributed by atoms with Crippen molar-refractivity contribution in [3.8, 4) is 28.3 Å². The third-order valence-electron chi connectivity index (χ3n) is 12.5. The van der Waals surface area contributed by atoms with Gasteiger partial charge in [-0.25, -0.2) is 14.2 Å². The number of nitrogens with zero attached hydrogens (tertiary/aromatic N) is 3. The van der Waals surface area contributed by atoms with Crippen LogP contribution in [0.3, 0.4) is 0 Å². The Labute approximate surface area is 332 Å². The van der Waals surface area contributed by atoms with Crippen LogP contribution in [0.5, 0.6) is 5.88 Å². The van der Waals surface area contributed by atoms with E-state index in [4.69, 9.17) is 21.3 Å². The fourth-order valence-corrected chi connectivity index (χ4v) is 9.17. The van der Waals surface area contributed by atoms with Gasteiger partial charge in [0.1, 0.15) is 11.4 Å². The lowest BCUT2D eigenvalue weighted by Gasteiger charge is -2.41. The third kappa shape index (κ3) is 7.79. The van der Waals surface area contributed by atoms with Crippen LogP contribution < -0.4 is 26.6 Å². The molecule has 12 heteroatoms. The topological polar surface area (TPSA) is 124 Å². The predicted octanol–water partition coefficient (Wildman–Crippen LogP) is 8.49. The Balaban J connectivity index is 1.25. The molecule has 4 atom stereocenters. The number of aromatic nitrogens is 3. The number of ether oxygens (including phenoxy) is 1. The standard InChI is InChI=1S/C44H53ClFN5O5/c1-8-26(18-20-44(10-3)21-19-27(9-2)39(52)49-44)22-28-14-15-29-23-35(48-41(56-7)36(28)29)31-16-17-33(46)37(38(31)45)30-12-11-13-34(25(30)4)47-40(53)32-24-50(5)43(55)51(6)42(32)54/h11-13,16-17,23-24,26-28H,8-10,14-15,18-22H2,1-7H3,(H,47,53)(H,49,52). The number of rotatable bonds is 13. The number of piperidine rings is 1. The average molecular weight is 786 g/mol. The first-order valence-electron chi connectivity index (χ1n) is 19.8. The lowest BCUT2D eigenvalue weighted by molar-refractivity contribution is -0.130. The van der Waals surface area contributed by atoms with Crippen molar-refractivity contribution in [2.75, 3.05) is 12.4 Å². The van der Waals surface area contributed by atoms with Crippen LogP contribution in [0.15, 0.2) is 52.2 Å². The molecule has 2 amide bonds. The van der Waals surface area contributed by atoms with Crippen LogP contribution in [0.4, 0.5) is 10.1 Å². The first kappa shape index (κ1) is 40.9. The van der Waals surface area contributed by atoms with Gasteiger partial charge in [0.25, 0.3) is 11.5 Å². The van der Waals surface area contributed by atoms with Crippen LogP contribution >= 0.6 is 11.6 Å². The van der Waals surface area contributed by atoms with E-state index in [1.54, 1.807) is 38.3 Å². The van der Waals surface area contributed by atoms with Crippen LogP contribution in [0.25, 0.3) is 22.4 Å². The number of hydrogen-bond donors (Lipinski definition) is 2. The quantitative estimate of drug-likeness (QED) is 0.140. The van der Waals surface area contributed by atoms with E-state index >= 15 is 4.39 Å². The van der Waals surface area contributed by atoms with Gasteiger partial charge in [-0.2, -0.15) is 0 Å². The molecule has 6 rings (SSSR count). The van der Waals surface area contributed by atoms with Gasteiger partial charge in [0.15, 0.2) is 0 Å². The Morgan fingerprint density at radius 2 is 1.88 bits per heavy atom. The Morgan fingerprint density at radius 1 is 1.11 bits per heavy atom. The van der Waals surface area contributed by atoms with Crippen LogP contribution in [0.1, 0.15) is 112 Å². The molecule has 0 spiro atoms. The van der Waals surface area contributed by atoms with E-state index in [1.165, 1.54) is 26.4 Å². The number of fused-ring (bicyclic) bond motifs is 1. The first-order chi connectivity index (χ1) is 26.8. The summed E-state index contributed by atoms with van der Waals surface area (Å²) in [7, 11) is 4.39. The molecule has 1 saturated heterocycles. The molecule has 1 aliphatic heterocycles. The normalized spacial score (nSPS) is 19.7. The number of aryl methyl sites for hydroxylation is 2. The highest BCUT2D eigenvalue weighted by molar-refractivity contribution is 6.36. The molecule has 2 aromatic heterocycles. The summed E-state index contributed by atoms with van der Waals surface area (Å²) in [5.74, 6) is 0.421. The second-order valence-electron chi connectivity index (χ2n) is 15.7. The van der Waals surface area contributed by atoms with Crippen molar-refractivity contribution in [3.05, 3.63) is 96.5 Å². The number of carbonyl (C=O) groups is 2. The minimum Gasteiger partial charge on any atom is -0.481 e. The van der Waals surface area contributed by atoms with E-state index in [0.29, 0.717) is 39.9 Å². The molecule has 2 N–H and O–H groups in total. The molecule has 2 aliphatic rings. The van der Waals surface area contributed by atoms with Crippen molar-refractivity contribution in [1.29, 1.82) is 0 Å². The molecule has 1 fully saturated rings. The summed E-state index contributed by atoms with van der Waals surface area (Å²) in [4.78, 5) is 55.9. The fraction of sp³-hybridized carbons (Fsp3) is 0.477. The minimum atomic E-state index is -0.726. The summed E-state index contributed by atoms with van der Waals surface area (Å²) in [6.07, 6.45) is 10.9. The minimum absolute atomic E-state index is 0.122. The average Bonchev–Trinajstić information content (AvgIpc) is 3.60. The molecular weight excluding hydrogens is 733 g/mol. The van der Waals surface area contributed by atoms with Gasteiger partial charge in [-0.05, 0) is 118 Å². The van der Waals surface area contributed by atoms with Crippen molar-refractivity contribution in [2.24, 2.45) is 25.9 Å². The number of anilines is 1. The summed E-state index contributed by atoms with van der Waals surface area (Å²) in [6, 6.07) is 10.1. The van der Waals surface area contributed by atoms with Gasteiger partial charge in [0.05, 0.1) is 17.8 Å². The van der Waals surface area contributed by atoms with Crippen molar-refractivity contribution in [1.82, 2.24) is 19.4 Å². The van der Waals surface area contributed by atoms with Crippen LogP contribution in [-0.4, -0.2) is 38.6 Å². The van der Waals surface area contributed by atoms with Gasteiger partial charge in [-0.15, -0.1) is 0 Å². The van der Waals surface area contributed by atoms with E-state index in [-0.39, 0.29) is 39.4 Å². The van der Waals surface area contributed by atoms with Gasteiger partial charge in [0, 0.05) is 54.1 Å². The zero-order valence-electron chi connectivity index (χ0n) is 33.5. The summed E-state index contributed by atoms with van der Waals surface area (Å²) >= 11 is 7.08. The Bertz CT molecular complexity index is 2290. The molecule has 2 aromatic carbocycles. The summed E-state index contributed by atoms with van der Waals surface area (Å²) < 4.78 is 23.8. The van der Waals surface area contributed by atoms with Gasteiger partial charge in [-0.1, -0.05) is 50.9 Å². The van der Waals surface area contributed by atoms with E-state index in [1.807, 2.05) is 6.07 Å². The summed E-state index contributed by atoms with van der Waals surface area (Å²) in [5, 5.41) is 6.34. The van der Waals surface area contributed by atoms with Gasteiger partial charge < -0.3 is 19.9 Å².